The molecule has 0 aromatic heterocycles. The number of hydrogen-bond donors (Lipinski definition) is 1. The van der Waals surface area contributed by atoms with Crippen molar-refractivity contribution in [3.05, 3.63) is 0 Å². The smallest absolute Gasteiger partial charge is 0.305 e. The summed E-state index contributed by atoms with van der Waals surface area (Å²) in [6, 6.07) is 0. The van der Waals surface area contributed by atoms with Gasteiger partial charge in [-0.3, -0.25) is 0 Å². The molecule has 0 spiro atoms. The molecule has 0 atom stereocenters. The second-order valence-electron chi connectivity index (χ2n) is 6.03. The van der Waals surface area contributed by atoms with Gasteiger partial charge in [-0.05, 0) is 17.8 Å². The van der Waals surface area contributed by atoms with Gasteiger partial charge >= 0.3 is 5.97 Å². The Morgan fingerprint density at radius 2 is 1.16 bits per heavy atom. The molecule has 0 saturated carbocycles. The van der Waals surface area contributed by atoms with Crippen molar-refractivity contribution in [3.63, 3.8) is 0 Å². The Balaban J connectivity index is 0. The molecule has 0 aromatic carbocycles. The normalized spacial score (nSPS) is 12.3. The molecule has 0 amide bonds. The zero-order valence-corrected chi connectivity index (χ0v) is 16.8. The minimum Gasteiger partial charge on any atom is -0.373 e. The second-order valence-corrected chi connectivity index (χ2v) is 6.03. The van der Waals surface area contributed by atoms with E-state index in [2.05, 4.69) is 13.8 Å². The Labute approximate surface area is 137 Å². The Kier molecular flexibility index (Phi) is 13.2. The van der Waals surface area contributed by atoms with Gasteiger partial charge in [0, 0.05) is 32.5 Å². The van der Waals surface area contributed by atoms with Crippen LogP contribution < -0.4 is 0 Å². The summed E-state index contributed by atoms with van der Waals surface area (Å²) < 4.78 is 16.3. The van der Waals surface area contributed by atoms with Crippen molar-refractivity contribution in [1.29, 1.82) is 0 Å². The molecule has 4 nitrogen and oxygen atoms in total. The molecule has 1 N–H and O–H groups in total. The topological polar surface area (TPSA) is 47.9 Å². The maximum atomic E-state index is 10.3. The van der Waals surface area contributed by atoms with Crippen LogP contribution in [0.15, 0.2) is 0 Å². The van der Waals surface area contributed by atoms with Crippen LogP contribution in [0, 0.1) is 17.8 Å². The number of ether oxygens (including phenoxy) is 3. The fraction of sp³-hybridized carbons (Fsp3) is 1.00. The molecule has 5 heteroatoms. The molecular formula is C14H30HfO4. The van der Waals surface area contributed by atoms with E-state index in [0.717, 1.165) is 0 Å². The third kappa shape index (κ3) is 13.4. The minimum atomic E-state index is -1.62. The summed E-state index contributed by atoms with van der Waals surface area (Å²) in [5.41, 5.74) is 0. The van der Waals surface area contributed by atoms with E-state index in [-0.39, 0.29) is 32.5 Å². The molecule has 0 aromatic rings. The molecule has 0 heterocycles. The summed E-state index contributed by atoms with van der Waals surface area (Å²) in [5, 5.41) is 10.3. The van der Waals surface area contributed by atoms with Crippen LogP contribution in [0.5, 0.6) is 0 Å². The molecule has 0 radical (unpaired) electrons. The van der Waals surface area contributed by atoms with Crippen LogP contribution >= 0.6 is 0 Å². The summed E-state index contributed by atoms with van der Waals surface area (Å²) in [4.78, 5) is 0. The van der Waals surface area contributed by atoms with Crippen LogP contribution in [0.3, 0.4) is 0 Å². The van der Waals surface area contributed by atoms with Crippen molar-refractivity contribution in [2.75, 3.05) is 26.4 Å². The first-order valence-electron chi connectivity index (χ1n) is 6.83. The van der Waals surface area contributed by atoms with E-state index < -0.39 is 5.97 Å². The summed E-state index contributed by atoms with van der Waals surface area (Å²) in [6.45, 7) is 13.7. The van der Waals surface area contributed by atoms with Crippen LogP contribution in [0.4, 0.5) is 0 Å². The minimum absolute atomic E-state index is 0. The summed E-state index contributed by atoms with van der Waals surface area (Å²) in [6.07, 6.45) is 0. The molecule has 0 aliphatic carbocycles. The average molecular weight is 441 g/mol. The molecule has 19 heavy (non-hydrogen) atoms. The molecule has 114 valence electrons. The Morgan fingerprint density at radius 3 is 1.47 bits per heavy atom. The first-order chi connectivity index (χ1) is 8.25. The van der Waals surface area contributed by atoms with Crippen LogP contribution in [0.2, 0.25) is 0 Å². The number of aliphatic hydroxyl groups is 1. The molecule has 0 aliphatic rings. The largest absolute Gasteiger partial charge is 0.373 e. The third-order valence-corrected chi connectivity index (χ3v) is 2.02. The molecule has 0 aliphatic heterocycles. The number of hydrogen-bond acceptors (Lipinski definition) is 4. The van der Waals surface area contributed by atoms with E-state index in [4.69, 9.17) is 14.2 Å². The maximum Gasteiger partial charge on any atom is 0.305 e. The Morgan fingerprint density at radius 1 is 0.789 bits per heavy atom. The van der Waals surface area contributed by atoms with Gasteiger partial charge in [-0.1, -0.05) is 41.5 Å². The van der Waals surface area contributed by atoms with Crippen molar-refractivity contribution < 1.29 is 45.2 Å². The van der Waals surface area contributed by atoms with Crippen LogP contribution in [-0.2, 0) is 40.1 Å². The van der Waals surface area contributed by atoms with Gasteiger partial charge in [-0.25, -0.2) is 0 Å². The van der Waals surface area contributed by atoms with Crippen LogP contribution in [-0.4, -0.2) is 37.5 Å². The fourth-order valence-corrected chi connectivity index (χ4v) is 1.14. The van der Waals surface area contributed by atoms with E-state index in [9.17, 15) is 5.11 Å². The molecule has 0 unspecified atom stereocenters. The van der Waals surface area contributed by atoms with E-state index in [1.807, 2.05) is 27.7 Å². The Hall–Kier alpha value is 0.710. The van der Waals surface area contributed by atoms with Gasteiger partial charge in [0.15, 0.2) is 0 Å². The van der Waals surface area contributed by atoms with Crippen LogP contribution in [0.1, 0.15) is 41.5 Å². The molecule has 0 fully saturated rings. The fourth-order valence-electron chi connectivity index (χ4n) is 1.14. The molecule has 0 rings (SSSR count). The van der Waals surface area contributed by atoms with Gasteiger partial charge < -0.3 is 19.3 Å². The SMILES string of the molecule is CC(C)COCC(O)(OCC(C)C)OCC(C)C.[Hf]. The van der Waals surface area contributed by atoms with Crippen molar-refractivity contribution >= 4 is 0 Å². The standard InChI is InChI=1S/C14H30O4.Hf/c1-11(2)7-16-10-14(15,17-8-12(3)4)18-9-13(5)6;/h11-13,15H,7-10H2,1-6H3;. The van der Waals surface area contributed by atoms with E-state index in [0.29, 0.717) is 37.6 Å². The van der Waals surface area contributed by atoms with Crippen molar-refractivity contribution in [2.45, 2.75) is 47.5 Å². The van der Waals surface area contributed by atoms with Gasteiger partial charge in [0.1, 0.15) is 6.61 Å². The zero-order chi connectivity index (χ0) is 14.2. The van der Waals surface area contributed by atoms with Crippen molar-refractivity contribution in [1.82, 2.24) is 0 Å². The zero-order valence-electron chi connectivity index (χ0n) is 13.2. The monoisotopic (exact) mass is 442 g/mol. The second kappa shape index (κ2) is 11.4. The third-order valence-electron chi connectivity index (χ3n) is 2.02. The Bertz CT molecular complexity index is 196. The molecule has 0 saturated heterocycles. The van der Waals surface area contributed by atoms with Gasteiger partial charge in [0.25, 0.3) is 0 Å². The molecule has 0 bridgehead atoms. The first-order valence-corrected chi connectivity index (χ1v) is 6.83. The van der Waals surface area contributed by atoms with Gasteiger partial charge in [0.2, 0.25) is 0 Å². The van der Waals surface area contributed by atoms with Gasteiger partial charge in [-0.15, -0.1) is 0 Å². The van der Waals surface area contributed by atoms with Crippen molar-refractivity contribution in [2.24, 2.45) is 17.8 Å². The predicted molar refractivity (Wildman–Crippen MR) is 72.2 cm³/mol. The maximum absolute atomic E-state index is 10.3. The predicted octanol–water partition coefficient (Wildman–Crippen LogP) is 2.65. The summed E-state index contributed by atoms with van der Waals surface area (Å²) in [5.74, 6) is -0.526. The average Bonchev–Trinajstić information content (AvgIpc) is 2.23. The number of rotatable bonds is 10. The quantitative estimate of drug-likeness (QED) is 0.419. The summed E-state index contributed by atoms with van der Waals surface area (Å²) >= 11 is 0. The van der Waals surface area contributed by atoms with Crippen LogP contribution in [0.25, 0.3) is 0 Å². The first kappa shape index (κ1) is 22.0. The van der Waals surface area contributed by atoms with Gasteiger partial charge in [0.05, 0.1) is 13.2 Å². The van der Waals surface area contributed by atoms with E-state index in [1.165, 1.54) is 0 Å². The van der Waals surface area contributed by atoms with E-state index in [1.54, 1.807) is 0 Å². The summed E-state index contributed by atoms with van der Waals surface area (Å²) in [7, 11) is 0. The van der Waals surface area contributed by atoms with Gasteiger partial charge in [-0.2, -0.15) is 0 Å². The van der Waals surface area contributed by atoms with Crippen molar-refractivity contribution in [3.8, 4) is 0 Å². The molecular weight excluding hydrogens is 411 g/mol. The van der Waals surface area contributed by atoms with E-state index >= 15 is 0 Å².